The third kappa shape index (κ3) is 12.0. The van der Waals surface area contributed by atoms with Gasteiger partial charge in [0.15, 0.2) is 0 Å². The van der Waals surface area contributed by atoms with Crippen LogP contribution in [0.4, 0.5) is 0 Å². The highest BCUT2D eigenvalue weighted by atomic mass is 16.3. The molecule has 4 heteroatoms. The quantitative estimate of drug-likeness (QED) is 0.508. The van der Waals surface area contributed by atoms with Crippen molar-refractivity contribution in [3.63, 3.8) is 0 Å². The lowest BCUT2D eigenvalue weighted by Crippen LogP contribution is -2.28. The minimum absolute atomic E-state index is 0.0247. The van der Waals surface area contributed by atoms with Crippen molar-refractivity contribution in [2.45, 2.75) is 85.5 Å². The molecule has 3 atom stereocenters. The molecule has 1 rings (SSSR count). The zero-order valence-electron chi connectivity index (χ0n) is 19.5. The van der Waals surface area contributed by atoms with Gasteiger partial charge in [0.05, 0.1) is 12.7 Å². The fourth-order valence-electron chi connectivity index (χ4n) is 3.13. The van der Waals surface area contributed by atoms with Gasteiger partial charge in [-0.25, -0.2) is 0 Å². The molecule has 0 aromatic heterocycles. The first kappa shape index (κ1) is 27.6. The number of rotatable bonds is 7. The lowest BCUT2D eigenvalue weighted by atomic mass is 9.83. The minimum Gasteiger partial charge on any atom is -0.396 e. The Hall–Kier alpha value is -1.38. The van der Waals surface area contributed by atoms with Gasteiger partial charge in [0, 0.05) is 5.41 Å². The second-order valence-corrected chi connectivity index (χ2v) is 9.95. The molecule has 4 N–H and O–H groups in total. The Morgan fingerprint density at radius 1 is 0.793 bits per heavy atom. The molecule has 0 spiro atoms. The summed E-state index contributed by atoms with van der Waals surface area (Å²) in [6.45, 7) is 15.2. The summed E-state index contributed by atoms with van der Waals surface area (Å²) in [6, 6.07) is 9.39. The fraction of sp³-hybridized carbons (Fsp3) is 0.680. The highest BCUT2D eigenvalue weighted by molar-refractivity contribution is 5.20. The number of hydrogen-bond donors (Lipinski definition) is 4. The lowest BCUT2D eigenvalue weighted by molar-refractivity contribution is 0.00638. The van der Waals surface area contributed by atoms with Crippen molar-refractivity contribution in [1.29, 1.82) is 0 Å². The van der Waals surface area contributed by atoms with E-state index in [0.717, 1.165) is 5.56 Å². The third-order valence-electron chi connectivity index (χ3n) is 4.48. The van der Waals surface area contributed by atoms with E-state index in [9.17, 15) is 15.3 Å². The molecule has 1 aromatic rings. The second kappa shape index (κ2) is 11.7. The van der Waals surface area contributed by atoms with Gasteiger partial charge in [-0.05, 0) is 44.1 Å². The van der Waals surface area contributed by atoms with Gasteiger partial charge in [0.2, 0.25) is 0 Å². The van der Waals surface area contributed by atoms with Gasteiger partial charge in [-0.3, -0.25) is 0 Å². The highest BCUT2D eigenvalue weighted by Crippen LogP contribution is 2.32. The number of benzene rings is 1. The van der Waals surface area contributed by atoms with Crippen molar-refractivity contribution >= 4 is 0 Å². The van der Waals surface area contributed by atoms with E-state index in [-0.39, 0.29) is 6.61 Å². The van der Waals surface area contributed by atoms with Gasteiger partial charge in [-0.1, -0.05) is 83.7 Å². The number of aliphatic hydroxyl groups is 4. The topological polar surface area (TPSA) is 80.9 Å². The highest BCUT2D eigenvalue weighted by Gasteiger charge is 2.28. The predicted molar refractivity (Wildman–Crippen MR) is 120 cm³/mol. The van der Waals surface area contributed by atoms with Gasteiger partial charge >= 0.3 is 0 Å². The SMILES string of the molecule is CC(C)(CO)C(O)c1ccccc1.CC(C)CC(C)(O)C#CC(C)(O)CC(C)C. The van der Waals surface area contributed by atoms with Crippen LogP contribution in [0, 0.1) is 29.1 Å². The van der Waals surface area contributed by atoms with Crippen molar-refractivity contribution in [3.05, 3.63) is 35.9 Å². The molecule has 0 aliphatic carbocycles. The van der Waals surface area contributed by atoms with E-state index in [1.807, 2.05) is 71.9 Å². The summed E-state index contributed by atoms with van der Waals surface area (Å²) in [5.41, 5.74) is -1.65. The first-order chi connectivity index (χ1) is 13.1. The Morgan fingerprint density at radius 2 is 1.17 bits per heavy atom. The Balaban J connectivity index is 0.000000551. The van der Waals surface area contributed by atoms with Gasteiger partial charge < -0.3 is 20.4 Å². The molecule has 0 bridgehead atoms. The van der Waals surface area contributed by atoms with Gasteiger partial charge in [0.1, 0.15) is 11.2 Å². The van der Waals surface area contributed by atoms with Crippen LogP contribution in [0.5, 0.6) is 0 Å². The number of aliphatic hydroxyl groups excluding tert-OH is 2. The second-order valence-electron chi connectivity index (χ2n) is 9.95. The monoisotopic (exact) mass is 406 g/mol. The molecular weight excluding hydrogens is 364 g/mol. The van der Waals surface area contributed by atoms with E-state index >= 15 is 0 Å². The molecule has 0 heterocycles. The van der Waals surface area contributed by atoms with Gasteiger partial charge in [-0.2, -0.15) is 0 Å². The first-order valence-corrected chi connectivity index (χ1v) is 10.4. The average Bonchev–Trinajstić information content (AvgIpc) is 2.59. The van der Waals surface area contributed by atoms with Gasteiger partial charge in [-0.15, -0.1) is 0 Å². The normalized spacial score (nSPS) is 16.8. The molecule has 4 nitrogen and oxygen atoms in total. The maximum Gasteiger partial charge on any atom is 0.123 e. The van der Waals surface area contributed by atoms with Crippen LogP contribution < -0.4 is 0 Å². The van der Waals surface area contributed by atoms with Crippen LogP contribution in [0.1, 0.15) is 79.9 Å². The van der Waals surface area contributed by atoms with Crippen molar-refractivity contribution in [1.82, 2.24) is 0 Å². The van der Waals surface area contributed by atoms with Gasteiger partial charge in [0.25, 0.3) is 0 Å². The average molecular weight is 407 g/mol. The van der Waals surface area contributed by atoms with E-state index in [1.165, 1.54) is 0 Å². The Morgan fingerprint density at radius 3 is 1.48 bits per heavy atom. The molecule has 0 aliphatic rings. The predicted octanol–water partition coefficient (Wildman–Crippen LogP) is 4.32. The van der Waals surface area contributed by atoms with Crippen LogP contribution in [0.25, 0.3) is 0 Å². The zero-order chi connectivity index (χ0) is 22.9. The zero-order valence-corrected chi connectivity index (χ0v) is 19.5. The molecule has 0 radical (unpaired) electrons. The summed E-state index contributed by atoms with van der Waals surface area (Å²) < 4.78 is 0. The van der Waals surface area contributed by atoms with E-state index < -0.39 is 22.7 Å². The molecule has 0 saturated carbocycles. The molecule has 3 unspecified atom stereocenters. The smallest absolute Gasteiger partial charge is 0.123 e. The van der Waals surface area contributed by atoms with Crippen LogP contribution in [0.15, 0.2) is 30.3 Å². The van der Waals surface area contributed by atoms with Crippen LogP contribution in [-0.4, -0.2) is 38.2 Å². The number of hydrogen-bond acceptors (Lipinski definition) is 4. The van der Waals surface area contributed by atoms with Crippen molar-refractivity contribution in [2.75, 3.05) is 6.61 Å². The minimum atomic E-state index is -1.00. The Bertz CT molecular complexity index is 608. The van der Waals surface area contributed by atoms with E-state index in [4.69, 9.17) is 5.11 Å². The van der Waals surface area contributed by atoms with Crippen molar-refractivity contribution in [2.24, 2.45) is 17.3 Å². The van der Waals surface area contributed by atoms with E-state index in [1.54, 1.807) is 13.8 Å². The maximum atomic E-state index is 10.00. The van der Waals surface area contributed by atoms with Crippen LogP contribution in [0.3, 0.4) is 0 Å². The maximum absolute atomic E-state index is 10.00. The fourth-order valence-corrected chi connectivity index (χ4v) is 3.13. The molecule has 0 aliphatic heterocycles. The van der Waals surface area contributed by atoms with Crippen LogP contribution in [-0.2, 0) is 0 Å². The summed E-state index contributed by atoms with van der Waals surface area (Å²) in [5.74, 6) is 6.36. The summed E-state index contributed by atoms with van der Waals surface area (Å²) >= 11 is 0. The molecule has 29 heavy (non-hydrogen) atoms. The third-order valence-corrected chi connectivity index (χ3v) is 4.48. The van der Waals surface area contributed by atoms with Crippen LogP contribution >= 0.6 is 0 Å². The Labute approximate surface area is 178 Å². The Kier molecular flexibility index (Phi) is 11.2. The van der Waals surface area contributed by atoms with E-state index in [2.05, 4.69) is 11.8 Å². The first-order valence-electron chi connectivity index (χ1n) is 10.4. The molecule has 166 valence electrons. The molecular formula is C25H42O4. The van der Waals surface area contributed by atoms with Crippen LogP contribution in [0.2, 0.25) is 0 Å². The largest absolute Gasteiger partial charge is 0.396 e. The summed E-state index contributed by atoms with van der Waals surface area (Å²) in [6.07, 6.45) is 0.633. The summed E-state index contributed by atoms with van der Waals surface area (Å²) in [5, 5.41) is 38.9. The summed E-state index contributed by atoms with van der Waals surface area (Å²) in [4.78, 5) is 0. The van der Waals surface area contributed by atoms with E-state index in [0.29, 0.717) is 24.7 Å². The standard InChI is InChI=1S/C14H26O2.C11H16O2/c1-11(2)9-13(5,15)7-8-14(6,16)10-12(3)4;1-11(2,8-12)10(13)9-6-4-3-5-7-9/h11-12,15-16H,9-10H2,1-6H3;3-7,10,12-13H,8H2,1-2H3. The molecule has 1 aromatic carbocycles. The lowest BCUT2D eigenvalue weighted by Gasteiger charge is -2.28. The van der Waals surface area contributed by atoms with Crippen molar-refractivity contribution < 1.29 is 20.4 Å². The summed E-state index contributed by atoms with van der Waals surface area (Å²) in [7, 11) is 0. The molecule has 0 amide bonds. The molecule has 0 fully saturated rings. The van der Waals surface area contributed by atoms with Crippen molar-refractivity contribution in [3.8, 4) is 11.8 Å². The molecule has 0 saturated heterocycles.